The summed E-state index contributed by atoms with van der Waals surface area (Å²) in [6.07, 6.45) is 13.0. The lowest BCUT2D eigenvalue weighted by Crippen LogP contribution is -2.34. The number of hydrogen-bond acceptors (Lipinski definition) is 3. The second-order valence-corrected chi connectivity index (χ2v) is 9.25. The number of hydrogen-bond donors (Lipinski definition) is 0. The Kier molecular flexibility index (Phi) is 6.52. The van der Waals surface area contributed by atoms with Crippen molar-refractivity contribution in [2.75, 3.05) is 13.1 Å². The molecule has 0 bridgehead atoms. The van der Waals surface area contributed by atoms with Crippen molar-refractivity contribution in [3.05, 3.63) is 65.3 Å². The summed E-state index contributed by atoms with van der Waals surface area (Å²) >= 11 is 0. The highest BCUT2D eigenvalue weighted by Gasteiger charge is 2.32. The van der Waals surface area contributed by atoms with Crippen LogP contribution in [0.15, 0.2) is 48.3 Å². The lowest BCUT2D eigenvalue weighted by molar-refractivity contribution is 0.214. The fourth-order valence-corrected chi connectivity index (χ4v) is 5.26. The van der Waals surface area contributed by atoms with Gasteiger partial charge in [0.2, 0.25) is 0 Å². The first-order valence-electron chi connectivity index (χ1n) is 11.6. The Morgan fingerprint density at radius 2 is 1.80 bits per heavy atom. The van der Waals surface area contributed by atoms with E-state index in [-0.39, 0.29) is 6.04 Å². The maximum atomic E-state index is 4.72. The topological polar surface area (TPSA) is 34.0 Å². The number of allylic oxidation sites excluding steroid dienone is 2. The van der Waals surface area contributed by atoms with Gasteiger partial charge in [0, 0.05) is 0 Å². The van der Waals surface area contributed by atoms with E-state index in [1.807, 2.05) is 6.33 Å². The summed E-state index contributed by atoms with van der Waals surface area (Å²) in [6, 6.07) is 6.72. The normalized spacial score (nSPS) is 21.7. The first-order valence-corrected chi connectivity index (χ1v) is 11.6. The van der Waals surface area contributed by atoms with Crippen LogP contribution < -0.4 is 0 Å². The van der Waals surface area contributed by atoms with Crippen molar-refractivity contribution in [1.82, 2.24) is 19.7 Å². The quantitative estimate of drug-likeness (QED) is 0.564. The van der Waals surface area contributed by atoms with Crippen molar-refractivity contribution in [3.8, 4) is 5.69 Å². The van der Waals surface area contributed by atoms with Crippen LogP contribution in [0, 0.1) is 19.8 Å². The van der Waals surface area contributed by atoms with Crippen LogP contribution in [0.5, 0.6) is 0 Å². The van der Waals surface area contributed by atoms with E-state index in [1.165, 1.54) is 60.1 Å². The number of para-hydroxylation sites is 1. The lowest BCUT2D eigenvalue weighted by atomic mass is 9.82. The molecule has 2 unspecified atom stereocenters. The Hall–Kier alpha value is -2.20. The first-order chi connectivity index (χ1) is 14.6. The monoisotopic (exact) mass is 404 g/mol. The molecule has 2 aliphatic rings. The zero-order chi connectivity index (χ0) is 21.1. The predicted octanol–water partition coefficient (Wildman–Crippen LogP) is 6.10. The molecular weight excluding hydrogens is 368 g/mol. The van der Waals surface area contributed by atoms with Gasteiger partial charge in [-0.3, -0.25) is 9.47 Å². The van der Waals surface area contributed by atoms with Crippen molar-refractivity contribution in [2.24, 2.45) is 5.92 Å². The number of likely N-dealkylation sites (tertiary alicyclic amines) is 1. The fraction of sp³-hybridized carbons (Fsp3) is 0.538. The molecule has 0 N–H and O–H groups in total. The predicted molar refractivity (Wildman–Crippen MR) is 124 cm³/mol. The molecule has 4 rings (SSSR count). The third-order valence-corrected chi connectivity index (χ3v) is 7.00. The summed E-state index contributed by atoms with van der Waals surface area (Å²) < 4.78 is 2.26. The van der Waals surface area contributed by atoms with Crippen molar-refractivity contribution in [2.45, 2.75) is 71.8 Å². The minimum atomic E-state index is 0.218. The van der Waals surface area contributed by atoms with E-state index >= 15 is 0 Å². The number of nitrogens with zero attached hydrogens (tertiary/aromatic N) is 4. The smallest absolute Gasteiger partial charge is 0.159 e. The molecule has 1 aliphatic heterocycles. The molecule has 1 aromatic heterocycles. The SMILES string of the molecule is C=C(C)C1CC=C(C(c2nncn2-c2c(C)cccc2C)N2CCCCCC2)CC1. The van der Waals surface area contributed by atoms with Crippen molar-refractivity contribution < 1.29 is 0 Å². The van der Waals surface area contributed by atoms with E-state index in [1.54, 1.807) is 0 Å². The molecule has 4 nitrogen and oxygen atoms in total. The summed E-state index contributed by atoms with van der Waals surface area (Å²) in [5, 5.41) is 9.13. The molecule has 0 saturated carbocycles. The first kappa shape index (κ1) is 21.0. The molecule has 1 aromatic carbocycles. The Morgan fingerprint density at radius 3 is 2.40 bits per heavy atom. The second-order valence-electron chi connectivity index (χ2n) is 9.25. The molecule has 160 valence electrons. The highest BCUT2D eigenvalue weighted by atomic mass is 15.3. The van der Waals surface area contributed by atoms with Gasteiger partial charge in [-0.15, -0.1) is 10.2 Å². The van der Waals surface area contributed by atoms with Gasteiger partial charge in [0.05, 0.1) is 11.7 Å². The maximum Gasteiger partial charge on any atom is 0.159 e. The molecule has 2 aromatic rings. The zero-order valence-electron chi connectivity index (χ0n) is 18.9. The maximum absolute atomic E-state index is 4.72. The highest BCUT2D eigenvalue weighted by molar-refractivity contribution is 5.48. The molecule has 0 amide bonds. The molecule has 4 heteroatoms. The summed E-state index contributed by atoms with van der Waals surface area (Å²) in [4.78, 5) is 2.67. The Balaban J connectivity index is 1.76. The van der Waals surface area contributed by atoms with E-state index in [0.717, 1.165) is 31.8 Å². The average molecular weight is 405 g/mol. The molecule has 0 spiro atoms. The summed E-state index contributed by atoms with van der Waals surface area (Å²) in [5.41, 5.74) is 6.61. The van der Waals surface area contributed by atoms with Crippen LogP contribution in [-0.2, 0) is 0 Å². The van der Waals surface area contributed by atoms with Gasteiger partial charge in [0.15, 0.2) is 5.82 Å². The van der Waals surface area contributed by atoms with Gasteiger partial charge in [0.25, 0.3) is 0 Å². The Labute approximate surface area is 181 Å². The van der Waals surface area contributed by atoms with E-state index in [2.05, 4.69) is 66.2 Å². The molecule has 30 heavy (non-hydrogen) atoms. The molecule has 1 fully saturated rings. The van der Waals surface area contributed by atoms with Gasteiger partial charge in [-0.25, -0.2) is 0 Å². The summed E-state index contributed by atoms with van der Waals surface area (Å²) in [6.45, 7) is 13.0. The number of aromatic nitrogens is 3. The van der Waals surface area contributed by atoms with E-state index in [9.17, 15) is 0 Å². The van der Waals surface area contributed by atoms with Gasteiger partial charge in [-0.2, -0.15) is 0 Å². The Morgan fingerprint density at radius 1 is 1.10 bits per heavy atom. The van der Waals surface area contributed by atoms with Crippen molar-refractivity contribution in [3.63, 3.8) is 0 Å². The second kappa shape index (κ2) is 9.30. The molecule has 2 atom stereocenters. The van der Waals surface area contributed by atoms with Crippen LogP contribution in [0.4, 0.5) is 0 Å². The zero-order valence-corrected chi connectivity index (χ0v) is 18.9. The third kappa shape index (κ3) is 4.29. The summed E-state index contributed by atoms with van der Waals surface area (Å²) in [7, 11) is 0. The van der Waals surface area contributed by atoms with Gasteiger partial charge >= 0.3 is 0 Å². The lowest BCUT2D eigenvalue weighted by Gasteiger charge is -2.35. The molecule has 1 aliphatic carbocycles. The van der Waals surface area contributed by atoms with E-state index < -0.39 is 0 Å². The third-order valence-electron chi connectivity index (χ3n) is 7.00. The molecule has 2 heterocycles. The fourth-order valence-electron chi connectivity index (χ4n) is 5.26. The Bertz CT molecular complexity index is 895. The standard InChI is InChI=1S/C26H36N4/c1-19(2)22-12-14-23(15-13-22)25(29-16-7-5-6-8-17-29)26-28-27-18-30(26)24-20(3)10-9-11-21(24)4/h9-11,14,18,22,25H,1,5-8,12-13,15-17H2,2-4H3. The van der Waals surface area contributed by atoms with Crippen LogP contribution in [0.2, 0.25) is 0 Å². The van der Waals surface area contributed by atoms with Gasteiger partial charge in [-0.05, 0) is 88.6 Å². The molecule has 0 radical (unpaired) electrons. The molecule has 1 saturated heterocycles. The van der Waals surface area contributed by atoms with Gasteiger partial charge < -0.3 is 0 Å². The van der Waals surface area contributed by atoms with E-state index in [0.29, 0.717) is 5.92 Å². The highest BCUT2D eigenvalue weighted by Crippen LogP contribution is 2.39. The summed E-state index contributed by atoms with van der Waals surface area (Å²) in [5.74, 6) is 1.70. The van der Waals surface area contributed by atoms with Crippen molar-refractivity contribution >= 4 is 0 Å². The van der Waals surface area contributed by atoms with Crippen LogP contribution >= 0.6 is 0 Å². The molecular formula is C26H36N4. The minimum absolute atomic E-state index is 0.218. The van der Waals surface area contributed by atoms with Crippen molar-refractivity contribution in [1.29, 1.82) is 0 Å². The average Bonchev–Trinajstić information content (AvgIpc) is 3.03. The van der Waals surface area contributed by atoms with Crippen LogP contribution in [0.25, 0.3) is 5.69 Å². The van der Waals surface area contributed by atoms with Crippen LogP contribution in [-0.4, -0.2) is 32.8 Å². The van der Waals surface area contributed by atoms with E-state index in [4.69, 9.17) is 5.10 Å². The van der Waals surface area contributed by atoms with Crippen LogP contribution in [0.3, 0.4) is 0 Å². The number of rotatable bonds is 5. The minimum Gasteiger partial charge on any atom is -0.290 e. The van der Waals surface area contributed by atoms with Gasteiger partial charge in [-0.1, -0.05) is 49.3 Å². The number of aryl methyl sites for hydroxylation is 2. The largest absolute Gasteiger partial charge is 0.290 e. The van der Waals surface area contributed by atoms with Gasteiger partial charge in [0.1, 0.15) is 6.33 Å². The van der Waals surface area contributed by atoms with Crippen LogP contribution in [0.1, 0.15) is 74.9 Å². The number of benzene rings is 1.